The summed E-state index contributed by atoms with van der Waals surface area (Å²) in [5.41, 5.74) is 5.49. The van der Waals surface area contributed by atoms with Crippen LogP contribution in [-0.4, -0.2) is 40.1 Å². The molecular weight excluding hydrogens is 300 g/mol. The van der Waals surface area contributed by atoms with Gasteiger partial charge in [0.25, 0.3) is 0 Å². The molecule has 1 rings (SSSR count). The highest BCUT2D eigenvalue weighted by Gasteiger charge is 2.24. The number of rotatable bonds is 6. The van der Waals surface area contributed by atoms with E-state index < -0.39 is 36.4 Å². The standard InChI is InChI=1S/C12H16N2O4S2/c1-10(8-13)19(15,16)5-6-20(17,18)12-4-2-3-11(7-12)9-14/h2-4,7,10H,5-6,8,13H2,1H3. The third-order valence-electron chi connectivity index (χ3n) is 2.90. The molecule has 0 saturated heterocycles. The molecule has 6 nitrogen and oxygen atoms in total. The molecule has 2 N–H and O–H groups in total. The van der Waals surface area contributed by atoms with Gasteiger partial charge in [0.15, 0.2) is 19.7 Å². The normalized spacial score (nSPS) is 13.7. The number of sulfone groups is 2. The first-order valence-corrected chi connectivity index (χ1v) is 9.24. The molecule has 0 bridgehead atoms. The quantitative estimate of drug-likeness (QED) is 0.795. The second-order valence-electron chi connectivity index (χ2n) is 4.37. The summed E-state index contributed by atoms with van der Waals surface area (Å²) in [6.07, 6.45) is 0. The van der Waals surface area contributed by atoms with Crippen LogP contribution in [0.4, 0.5) is 0 Å². The summed E-state index contributed by atoms with van der Waals surface area (Å²) < 4.78 is 47.6. The summed E-state index contributed by atoms with van der Waals surface area (Å²) in [5.74, 6) is -1.00. The maximum absolute atomic E-state index is 12.1. The Morgan fingerprint density at radius 3 is 2.45 bits per heavy atom. The van der Waals surface area contributed by atoms with Crippen LogP contribution in [0, 0.1) is 11.3 Å². The second-order valence-corrected chi connectivity index (χ2v) is 9.02. The Labute approximate surface area is 119 Å². The summed E-state index contributed by atoms with van der Waals surface area (Å²) in [6, 6.07) is 7.34. The molecule has 1 aromatic rings. The van der Waals surface area contributed by atoms with Crippen molar-refractivity contribution < 1.29 is 16.8 Å². The predicted molar refractivity (Wildman–Crippen MR) is 75.5 cm³/mol. The molecular formula is C12H16N2O4S2. The maximum Gasteiger partial charge on any atom is 0.179 e. The maximum atomic E-state index is 12.1. The van der Waals surface area contributed by atoms with Crippen molar-refractivity contribution in [1.29, 1.82) is 5.26 Å². The Balaban J connectivity index is 2.94. The van der Waals surface area contributed by atoms with Gasteiger partial charge in [0.05, 0.1) is 33.3 Å². The van der Waals surface area contributed by atoms with Crippen molar-refractivity contribution in [3.05, 3.63) is 29.8 Å². The zero-order valence-electron chi connectivity index (χ0n) is 11.0. The molecule has 1 atom stereocenters. The number of nitrogens with zero attached hydrogens (tertiary/aromatic N) is 1. The topological polar surface area (TPSA) is 118 Å². The van der Waals surface area contributed by atoms with Gasteiger partial charge in [0.1, 0.15) is 0 Å². The lowest BCUT2D eigenvalue weighted by molar-refractivity contribution is 0.580. The van der Waals surface area contributed by atoms with Gasteiger partial charge in [-0.1, -0.05) is 6.07 Å². The highest BCUT2D eigenvalue weighted by molar-refractivity contribution is 7.95. The number of hydrogen-bond acceptors (Lipinski definition) is 6. The molecule has 0 amide bonds. The van der Waals surface area contributed by atoms with Crippen LogP contribution < -0.4 is 5.73 Å². The number of hydrogen-bond donors (Lipinski definition) is 1. The molecule has 20 heavy (non-hydrogen) atoms. The van der Waals surface area contributed by atoms with E-state index in [2.05, 4.69) is 0 Å². The van der Waals surface area contributed by atoms with Crippen LogP contribution >= 0.6 is 0 Å². The second kappa shape index (κ2) is 6.35. The Kier molecular flexibility index (Phi) is 5.28. The summed E-state index contributed by atoms with van der Waals surface area (Å²) in [5, 5.41) is 7.96. The van der Waals surface area contributed by atoms with Crippen molar-refractivity contribution in [2.75, 3.05) is 18.1 Å². The van der Waals surface area contributed by atoms with Crippen molar-refractivity contribution >= 4 is 19.7 Å². The van der Waals surface area contributed by atoms with Gasteiger partial charge in [-0.2, -0.15) is 5.26 Å². The van der Waals surface area contributed by atoms with Crippen LogP contribution in [-0.2, 0) is 19.7 Å². The van der Waals surface area contributed by atoms with E-state index in [-0.39, 0.29) is 17.0 Å². The molecule has 0 radical (unpaired) electrons. The minimum absolute atomic E-state index is 0.0489. The Bertz CT molecular complexity index is 718. The molecule has 110 valence electrons. The van der Waals surface area contributed by atoms with E-state index in [9.17, 15) is 16.8 Å². The minimum Gasteiger partial charge on any atom is -0.329 e. The minimum atomic E-state index is -3.74. The molecule has 0 aliphatic carbocycles. The van der Waals surface area contributed by atoms with Gasteiger partial charge < -0.3 is 5.73 Å². The van der Waals surface area contributed by atoms with E-state index in [0.29, 0.717) is 0 Å². The number of benzene rings is 1. The fraction of sp³-hybridized carbons (Fsp3) is 0.417. The molecule has 0 heterocycles. The molecule has 0 saturated carbocycles. The molecule has 0 aliphatic rings. The Hall–Kier alpha value is -1.43. The summed E-state index contributed by atoms with van der Waals surface area (Å²) in [6.45, 7) is 1.39. The molecule has 0 aromatic heterocycles. The lowest BCUT2D eigenvalue weighted by Crippen LogP contribution is -2.31. The molecule has 0 fully saturated rings. The lowest BCUT2D eigenvalue weighted by atomic mass is 10.2. The highest BCUT2D eigenvalue weighted by Crippen LogP contribution is 2.14. The molecule has 1 unspecified atom stereocenters. The average molecular weight is 316 g/mol. The zero-order valence-corrected chi connectivity index (χ0v) is 12.6. The zero-order chi connectivity index (χ0) is 15.4. The number of nitrogens with two attached hydrogens (primary N) is 1. The third-order valence-corrected chi connectivity index (χ3v) is 7.07. The molecule has 1 aromatic carbocycles. The largest absolute Gasteiger partial charge is 0.329 e. The number of nitriles is 1. The summed E-state index contributed by atoms with van der Waals surface area (Å²) in [7, 11) is -7.28. The first-order chi connectivity index (χ1) is 9.23. The summed E-state index contributed by atoms with van der Waals surface area (Å²) in [4.78, 5) is -0.0489. The van der Waals surface area contributed by atoms with Gasteiger partial charge in [-0.05, 0) is 25.1 Å². The van der Waals surface area contributed by atoms with Crippen LogP contribution in [0.15, 0.2) is 29.2 Å². The van der Waals surface area contributed by atoms with Gasteiger partial charge in [0, 0.05) is 6.54 Å². The highest BCUT2D eigenvalue weighted by atomic mass is 32.2. The van der Waals surface area contributed by atoms with Crippen molar-refractivity contribution in [3.8, 4) is 6.07 Å². The van der Waals surface area contributed by atoms with E-state index in [4.69, 9.17) is 11.0 Å². The molecule has 8 heteroatoms. The summed E-state index contributed by atoms with van der Waals surface area (Å²) >= 11 is 0. The Morgan fingerprint density at radius 1 is 1.25 bits per heavy atom. The van der Waals surface area contributed by atoms with Gasteiger partial charge >= 0.3 is 0 Å². The van der Waals surface area contributed by atoms with Crippen LogP contribution in [0.25, 0.3) is 0 Å². The van der Waals surface area contributed by atoms with Crippen molar-refractivity contribution in [3.63, 3.8) is 0 Å². The lowest BCUT2D eigenvalue weighted by Gasteiger charge is -2.10. The smallest absolute Gasteiger partial charge is 0.179 e. The van der Waals surface area contributed by atoms with Crippen LogP contribution in [0.2, 0.25) is 0 Å². The van der Waals surface area contributed by atoms with E-state index in [1.165, 1.54) is 31.2 Å². The fourth-order valence-electron chi connectivity index (χ4n) is 1.45. The average Bonchev–Trinajstić information content (AvgIpc) is 2.44. The SMILES string of the molecule is CC(CN)S(=O)(=O)CCS(=O)(=O)c1cccc(C#N)c1. The van der Waals surface area contributed by atoms with E-state index >= 15 is 0 Å². The predicted octanol–water partition coefficient (Wildman–Crippen LogP) is 0.0940. The van der Waals surface area contributed by atoms with Gasteiger partial charge in [0.2, 0.25) is 0 Å². The van der Waals surface area contributed by atoms with Gasteiger partial charge in [-0.25, -0.2) is 16.8 Å². The first-order valence-electron chi connectivity index (χ1n) is 5.87. The first kappa shape index (κ1) is 16.6. The van der Waals surface area contributed by atoms with E-state index in [1.807, 2.05) is 6.07 Å². The fourth-order valence-corrected chi connectivity index (χ4v) is 4.78. The molecule has 0 aliphatic heterocycles. The van der Waals surface area contributed by atoms with Crippen LogP contribution in [0.5, 0.6) is 0 Å². The Morgan fingerprint density at radius 2 is 1.90 bits per heavy atom. The van der Waals surface area contributed by atoms with Crippen molar-refractivity contribution in [2.24, 2.45) is 5.73 Å². The van der Waals surface area contributed by atoms with Crippen molar-refractivity contribution in [2.45, 2.75) is 17.1 Å². The van der Waals surface area contributed by atoms with Crippen LogP contribution in [0.3, 0.4) is 0 Å². The molecule has 0 spiro atoms. The van der Waals surface area contributed by atoms with E-state index in [0.717, 1.165) is 0 Å². The van der Waals surface area contributed by atoms with Crippen LogP contribution in [0.1, 0.15) is 12.5 Å². The van der Waals surface area contributed by atoms with E-state index in [1.54, 1.807) is 0 Å². The van der Waals surface area contributed by atoms with Gasteiger partial charge in [-0.3, -0.25) is 0 Å². The van der Waals surface area contributed by atoms with Gasteiger partial charge in [-0.15, -0.1) is 0 Å². The monoisotopic (exact) mass is 316 g/mol. The van der Waals surface area contributed by atoms with Crippen molar-refractivity contribution in [1.82, 2.24) is 0 Å². The third kappa shape index (κ3) is 4.03.